The van der Waals surface area contributed by atoms with Gasteiger partial charge in [-0.15, -0.1) is 0 Å². The fraction of sp³-hybridized carbons (Fsp3) is 0.500. The van der Waals surface area contributed by atoms with Crippen molar-refractivity contribution in [2.24, 2.45) is 0 Å². The number of aryl methyl sites for hydroxylation is 2. The maximum Gasteiger partial charge on any atom is 0.217 e. The summed E-state index contributed by atoms with van der Waals surface area (Å²) in [4.78, 5) is 18.1. The summed E-state index contributed by atoms with van der Waals surface area (Å²) >= 11 is 2.28. The van der Waals surface area contributed by atoms with E-state index in [1.54, 1.807) is 6.92 Å². The summed E-state index contributed by atoms with van der Waals surface area (Å²) in [5.74, 6) is 0.0316. The van der Waals surface area contributed by atoms with Crippen molar-refractivity contribution in [2.75, 3.05) is 18.0 Å². The first-order valence-electron chi connectivity index (χ1n) is 7.00. The molecule has 2 aromatic rings. The number of carbonyl (C=O) groups is 1. The van der Waals surface area contributed by atoms with E-state index in [1.807, 2.05) is 18.4 Å². The minimum absolute atomic E-state index is 0.0316. The van der Waals surface area contributed by atoms with Crippen LogP contribution in [-0.2, 0) is 4.79 Å². The van der Waals surface area contributed by atoms with Crippen molar-refractivity contribution in [3.8, 4) is 0 Å². The quantitative estimate of drug-likeness (QED) is 0.781. The molecule has 6 nitrogen and oxygen atoms in total. The molecule has 0 aromatic carbocycles. The van der Waals surface area contributed by atoms with Crippen LogP contribution in [0, 0.1) is 17.5 Å². The second-order valence-electron chi connectivity index (χ2n) is 5.53. The fourth-order valence-corrected chi connectivity index (χ4v) is 3.28. The van der Waals surface area contributed by atoms with Crippen LogP contribution < -0.4 is 10.2 Å². The second-order valence-corrected chi connectivity index (χ2v) is 6.55. The number of carbonyl (C=O) groups excluding carboxylic acids is 1. The maximum atomic E-state index is 11.2. The summed E-state index contributed by atoms with van der Waals surface area (Å²) < 4.78 is 2.96. The number of amides is 1. The van der Waals surface area contributed by atoms with Crippen molar-refractivity contribution in [3.05, 3.63) is 21.2 Å². The van der Waals surface area contributed by atoms with E-state index in [-0.39, 0.29) is 11.9 Å². The van der Waals surface area contributed by atoms with E-state index >= 15 is 0 Å². The van der Waals surface area contributed by atoms with E-state index in [1.165, 1.54) is 0 Å². The first-order valence-corrected chi connectivity index (χ1v) is 8.08. The summed E-state index contributed by atoms with van der Waals surface area (Å²) in [6.45, 7) is 7.31. The van der Waals surface area contributed by atoms with Crippen LogP contribution in [0.15, 0.2) is 6.07 Å². The van der Waals surface area contributed by atoms with Gasteiger partial charge in [0.25, 0.3) is 0 Å². The molecule has 0 saturated carbocycles. The zero-order valence-corrected chi connectivity index (χ0v) is 14.5. The summed E-state index contributed by atoms with van der Waals surface area (Å²) in [5, 5.41) is 7.54. The van der Waals surface area contributed by atoms with Crippen LogP contribution in [0.25, 0.3) is 5.65 Å². The Morgan fingerprint density at radius 3 is 2.95 bits per heavy atom. The molecule has 3 heterocycles. The molecule has 1 atom stereocenters. The normalized spacial score (nSPS) is 18.5. The lowest BCUT2D eigenvalue weighted by atomic mass is 10.2. The molecule has 2 aromatic heterocycles. The molecule has 0 aliphatic carbocycles. The van der Waals surface area contributed by atoms with Crippen molar-refractivity contribution in [3.63, 3.8) is 0 Å². The van der Waals surface area contributed by atoms with E-state index < -0.39 is 0 Å². The number of aromatic nitrogens is 3. The Morgan fingerprint density at radius 2 is 2.24 bits per heavy atom. The maximum absolute atomic E-state index is 11.2. The largest absolute Gasteiger partial charge is 0.366 e. The molecule has 0 spiro atoms. The van der Waals surface area contributed by atoms with Crippen LogP contribution in [0.1, 0.15) is 24.7 Å². The third-order valence-corrected chi connectivity index (χ3v) is 4.97. The number of fused-ring (bicyclic) bond motifs is 1. The molecule has 0 bridgehead atoms. The highest BCUT2D eigenvalue weighted by atomic mass is 127. The first-order chi connectivity index (χ1) is 9.95. The number of nitrogens with one attached hydrogen (secondary N) is 1. The highest BCUT2D eigenvalue weighted by Crippen LogP contribution is 2.27. The van der Waals surface area contributed by atoms with Gasteiger partial charge < -0.3 is 10.2 Å². The van der Waals surface area contributed by atoms with Crippen molar-refractivity contribution in [1.82, 2.24) is 19.9 Å². The van der Waals surface area contributed by atoms with Crippen LogP contribution in [0.4, 0.5) is 5.69 Å². The van der Waals surface area contributed by atoms with Crippen LogP contribution in [0.2, 0.25) is 0 Å². The molecule has 1 aliphatic rings. The van der Waals surface area contributed by atoms with Crippen LogP contribution in [0.3, 0.4) is 0 Å². The highest BCUT2D eigenvalue weighted by molar-refractivity contribution is 14.1. The van der Waals surface area contributed by atoms with E-state index in [0.717, 1.165) is 45.9 Å². The number of halogens is 1. The van der Waals surface area contributed by atoms with E-state index in [9.17, 15) is 4.79 Å². The Morgan fingerprint density at radius 1 is 1.48 bits per heavy atom. The molecule has 1 fully saturated rings. The standard InChI is InChI=1S/C14H18IN5O/c1-8-6-12(14-16-9(2)13(15)20(14)18-8)19-5-4-11(7-19)17-10(3)21/h6,11H,4-5,7H2,1-3H3,(H,17,21). The van der Waals surface area contributed by atoms with Gasteiger partial charge in [0.2, 0.25) is 5.91 Å². The molecule has 21 heavy (non-hydrogen) atoms. The molecule has 1 aliphatic heterocycles. The molecule has 1 unspecified atom stereocenters. The summed E-state index contributed by atoms with van der Waals surface area (Å²) in [5.41, 5.74) is 3.95. The molecule has 1 saturated heterocycles. The minimum Gasteiger partial charge on any atom is -0.366 e. The molecular formula is C14H18IN5O. The summed E-state index contributed by atoms with van der Waals surface area (Å²) in [7, 11) is 0. The van der Waals surface area contributed by atoms with E-state index in [2.05, 4.69) is 49.0 Å². The fourth-order valence-electron chi connectivity index (χ4n) is 2.82. The van der Waals surface area contributed by atoms with Gasteiger partial charge in [-0.25, -0.2) is 9.50 Å². The molecule has 3 rings (SSSR count). The number of hydrogen-bond acceptors (Lipinski definition) is 4. The number of hydrogen-bond donors (Lipinski definition) is 1. The Labute approximate surface area is 137 Å². The van der Waals surface area contributed by atoms with E-state index in [4.69, 9.17) is 0 Å². The average Bonchev–Trinajstić information content (AvgIpc) is 2.96. The summed E-state index contributed by atoms with van der Waals surface area (Å²) in [6.07, 6.45) is 0.962. The third kappa shape index (κ3) is 2.70. The number of imidazole rings is 1. The molecule has 0 radical (unpaired) electrons. The summed E-state index contributed by atoms with van der Waals surface area (Å²) in [6, 6.07) is 2.29. The lowest BCUT2D eigenvalue weighted by Gasteiger charge is -2.19. The number of anilines is 1. The molecule has 1 N–H and O–H groups in total. The second kappa shape index (κ2) is 5.43. The van der Waals surface area contributed by atoms with Crippen LogP contribution in [-0.4, -0.2) is 39.6 Å². The van der Waals surface area contributed by atoms with Gasteiger partial charge in [-0.05, 0) is 48.9 Å². The predicted octanol–water partition coefficient (Wildman–Crippen LogP) is 1.67. The van der Waals surface area contributed by atoms with Gasteiger partial charge in [0.15, 0.2) is 5.65 Å². The Bertz CT molecular complexity index is 711. The Hall–Kier alpha value is -1.38. The smallest absolute Gasteiger partial charge is 0.217 e. The van der Waals surface area contributed by atoms with Crippen molar-refractivity contribution in [1.29, 1.82) is 0 Å². The van der Waals surface area contributed by atoms with Crippen LogP contribution >= 0.6 is 22.6 Å². The zero-order chi connectivity index (χ0) is 15.1. The van der Waals surface area contributed by atoms with Gasteiger partial charge >= 0.3 is 0 Å². The third-order valence-electron chi connectivity index (χ3n) is 3.73. The number of rotatable bonds is 2. The zero-order valence-electron chi connectivity index (χ0n) is 12.4. The molecule has 1 amide bonds. The molecule has 7 heteroatoms. The van der Waals surface area contributed by atoms with Gasteiger partial charge in [-0.2, -0.15) is 5.10 Å². The SMILES string of the molecule is CC(=O)NC1CCN(c2cc(C)nn3c(I)c(C)nc23)C1. The van der Waals surface area contributed by atoms with Crippen LogP contribution in [0.5, 0.6) is 0 Å². The van der Waals surface area contributed by atoms with Gasteiger partial charge in [0, 0.05) is 26.1 Å². The first kappa shape index (κ1) is 14.6. The Kier molecular flexibility index (Phi) is 3.76. The molecule has 112 valence electrons. The van der Waals surface area contributed by atoms with Crippen molar-refractivity contribution in [2.45, 2.75) is 33.2 Å². The van der Waals surface area contributed by atoms with Gasteiger partial charge in [0.05, 0.1) is 17.1 Å². The average molecular weight is 399 g/mol. The van der Waals surface area contributed by atoms with E-state index in [0.29, 0.717) is 0 Å². The highest BCUT2D eigenvalue weighted by Gasteiger charge is 2.26. The lowest BCUT2D eigenvalue weighted by Crippen LogP contribution is -2.35. The minimum atomic E-state index is 0.0316. The van der Waals surface area contributed by atoms with Gasteiger partial charge in [0.1, 0.15) is 3.70 Å². The predicted molar refractivity (Wildman–Crippen MR) is 89.6 cm³/mol. The van der Waals surface area contributed by atoms with Gasteiger partial charge in [-0.3, -0.25) is 4.79 Å². The number of nitrogens with zero attached hydrogens (tertiary/aromatic N) is 4. The van der Waals surface area contributed by atoms with Crippen molar-refractivity contribution >= 4 is 39.8 Å². The topological polar surface area (TPSA) is 62.5 Å². The monoisotopic (exact) mass is 399 g/mol. The molecular weight excluding hydrogens is 381 g/mol. The lowest BCUT2D eigenvalue weighted by molar-refractivity contribution is -0.119. The van der Waals surface area contributed by atoms with Gasteiger partial charge in [-0.1, -0.05) is 0 Å². The van der Waals surface area contributed by atoms with Crippen molar-refractivity contribution < 1.29 is 4.79 Å². The Balaban J connectivity index is 1.97.